The van der Waals surface area contributed by atoms with Gasteiger partial charge in [0.05, 0.1) is 23.3 Å². The van der Waals surface area contributed by atoms with Crippen LogP contribution in [0, 0.1) is 0 Å². The van der Waals surface area contributed by atoms with Gasteiger partial charge in [0.1, 0.15) is 11.6 Å². The van der Waals surface area contributed by atoms with Gasteiger partial charge in [-0.1, -0.05) is 35.3 Å². The van der Waals surface area contributed by atoms with E-state index in [2.05, 4.69) is 15.3 Å². The van der Waals surface area contributed by atoms with Gasteiger partial charge in [0.15, 0.2) is 5.82 Å². The zero-order valence-electron chi connectivity index (χ0n) is 13.0. The molecular formula is C19H13Cl2N3O. The third-order valence-electron chi connectivity index (χ3n) is 3.79. The van der Waals surface area contributed by atoms with Crippen LogP contribution in [0.3, 0.4) is 0 Å². The zero-order valence-corrected chi connectivity index (χ0v) is 14.6. The minimum absolute atomic E-state index is 0.514. The molecule has 0 aliphatic carbocycles. The fraction of sp³-hybridized carbons (Fsp3) is 0.0526. The molecule has 0 aliphatic rings. The molecule has 25 heavy (non-hydrogen) atoms. The highest BCUT2D eigenvalue weighted by Gasteiger charge is 2.12. The minimum Gasteiger partial charge on any atom is -0.467 e. The van der Waals surface area contributed by atoms with Gasteiger partial charge in [-0.05, 0) is 42.5 Å². The van der Waals surface area contributed by atoms with Crippen LogP contribution in [0.15, 0.2) is 65.3 Å². The van der Waals surface area contributed by atoms with Crippen LogP contribution >= 0.6 is 23.2 Å². The number of halogens is 2. The van der Waals surface area contributed by atoms with Crippen molar-refractivity contribution in [2.45, 2.75) is 6.54 Å². The van der Waals surface area contributed by atoms with E-state index in [1.807, 2.05) is 42.5 Å². The standard InChI is InChI=1S/C19H13Cl2N3O/c20-12-7-8-14(16(21)10-12)19-23-17-6-2-1-5-15(17)18(24-19)22-11-13-4-3-9-25-13/h1-10H,11H2,(H,22,23,24). The molecule has 0 amide bonds. The molecule has 0 unspecified atom stereocenters. The summed E-state index contributed by atoms with van der Waals surface area (Å²) >= 11 is 12.3. The first-order valence-corrected chi connectivity index (χ1v) is 8.45. The maximum atomic E-state index is 6.33. The number of nitrogens with zero attached hydrogens (tertiary/aromatic N) is 2. The molecular weight excluding hydrogens is 357 g/mol. The first-order chi connectivity index (χ1) is 12.2. The van der Waals surface area contributed by atoms with Crippen molar-refractivity contribution in [2.24, 2.45) is 0 Å². The first kappa shape index (κ1) is 15.9. The van der Waals surface area contributed by atoms with E-state index in [0.717, 1.165) is 28.0 Å². The van der Waals surface area contributed by atoms with Crippen molar-refractivity contribution in [1.29, 1.82) is 0 Å². The van der Waals surface area contributed by atoms with Gasteiger partial charge in [0, 0.05) is 16.0 Å². The van der Waals surface area contributed by atoms with Crippen LogP contribution in [0.2, 0.25) is 10.0 Å². The van der Waals surface area contributed by atoms with Crippen molar-refractivity contribution >= 4 is 39.9 Å². The molecule has 0 bridgehead atoms. The third kappa shape index (κ3) is 3.31. The van der Waals surface area contributed by atoms with Crippen LogP contribution in [-0.2, 0) is 6.54 Å². The molecule has 2 heterocycles. The lowest BCUT2D eigenvalue weighted by Gasteiger charge is -2.11. The number of para-hydroxylation sites is 1. The highest BCUT2D eigenvalue weighted by molar-refractivity contribution is 6.36. The number of hydrogen-bond donors (Lipinski definition) is 1. The summed E-state index contributed by atoms with van der Waals surface area (Å²) in [6.45, 7) is 0.530. The zero-order chi connectivity index (χ0) is 17.2. The molecule has 0 spiro atoms. The van der Waals surface area contributed by atoms with Gasteiger partial charge in [-0.2, -0.15) is 0 Å². The maximum Gasteiger partial charge on any atom is 0.163 e. The summed E-state index contributed by atoms with van der Waals surface area (Å²) in [5.41, 5.74) is 1.57. The molecule has 0 saturated carbocycles. The Morgan fingerprint density at radius 3 is 2.64 bits per heavy atom. The molecule has 0 radical (unpaired) electrons. The summed E-state index contributed by atoms with van der Waals surface area (Å²) < 4.78 is 5.37. The maximum absolute atomic E-state index is 6.33. The summed E-state index contributed by atoms with van der Waals surface area (Å²) in [7, 11) is 0. The number of anilines is 1. The molecule has 1 N–H and O–H groups in total. The monoisotopic (exact) mass is 369 g/mol. The number of aromatic nitrogens is 2. The Hall–Kier alpha value is -2.56. The van der Waals surface area contributed by atoms with Gasteiger partial charge in [-0.25, -0.2) is 9.97 Å². The van der Waals surface area contributed by atoms with Gasteiger partial charge >= 0.3 is 0 Å². The smallest absolute Gasteiger partial charge is 0.163 e. The van der Waals surface area contributed by atoms with E-state index < -0.39 is 0 Å². The SMILES string of the molecule is Clc1ccc(-c2nc(NCc3ccco3)c3ccccc3n2)c(Cl)c1. The summed E-state index contributed by atoms with van der Waals surface area (Å²) in [6.07, 6.45) is 1.65. The van der Waals surface area contributed by atoms with E-state index in [0.29, 0.717) is 22.4 Å². The van der Waals surface area contributed by atoms with Crippen LogP contribution < -0.4 is 5.32 Å². The van der Waals surface area contributed by atoms with Crippen molar-refractivity contribution in [3.63, 3.8) is 0 Å². The molecule has 6 heteroatoms. The van der Waals surface area contributed by atoms with Gasteiger partial charge in [0.2, 0.25) is 0 Å². The van der Waals surface area contributed by atoms with Crippen molar-refractivity contribution in [1.82, 2.24) is 9.97 Å². The fourth-order valence-electron chi connectivity index (χ4n) is 2.59. The van der Waals surface area contributed by atoms with E-state index in [1.54, 1.807) is 18.4 Å². The van der Waals surface area contributed by atoms with E-state index >= 15 is 0 Å². The Kier molecular flexibility index (Phi) is 4.30. The number of nitrogens with one attached hydrogen (secondary N) is 1. The highest BCUT2D eigenvalue weighted by atomic mass is 35.5. The fourth-order valence-corrected chi connectivity index (χ4v) is 3.08. The van der Waals surface area contributed by atoms with Crippen LogP contribution in [-0.4, -0.2) is 9.97 Å². The highest BCUT2D eigenvalue weighted by Crippen LogP contribution is 2.31. The van der Waals surface area contributed by atoms with Gasteiger partial charge in [0.25, 0.3) is 0 Å². The van der Waals surface area contributed by atoms with Crippen LogP contribution in [0.25, 0.3) is 22.3 Å². The molecule has 4 nitrogen and oxygen atoms in total. The molecule has 2 aromatic heterocycles. The molecule has 0 fully saturated rings. The molecule has 0 atom stereocenters. The quantitative estimate of drug-likeness (QED) is 0.493. The Morgan fingerprint density at radius 2 is 1.84 bits per heavy atom. The molecule has 0 aliphatic heterocycles. The summed E-state index contributed by atoms with van der Waals surface area (Å²) in [4.78, 5) is 9.31. The van der Waals surface area contributed by atoms with Gasteiger partial charge in [-0.3, -0.25) is 0 Å². The average Bonchev–Trinajstić information content (AvgIpc) is 3.13. The van der Waals surface area contributed by atoms with Crippen LogP contribution in [0.4, 0.5) is 5.82 Å². The van der Waals surface area contributed by atoms with Gasteiger partial charge < -0.3 is 9.73 Å². The Balaban J connectivity index is 1.80. The largest absolute Gasteiger partial charge is 0.467 e. The number of furan rings is 1. The lowest BCUT2D eigenvalue weighted by atomic mass is 10.2. The van der Waals surface area contributed by atoms with Gasteiger partial charge in [-0.15, -0.1) is 0 Å². The molecule has 4 rings (SSSR count). The van der Waals surface area contributed by atoms with E-state index in [-0.39, 0.29) is 0 Å². The average molecular weight is 370 g/mol. The summed E-state index contributed by atoms with van der Waals surface area (Å²) in [5.74, 6) is 2.10. The number of rotatable bonds is 4. The second-order valence-electron chi connectivity index (χ2n) is 5.47. The normalized spacial score (nSPS) is 11.0. The number of benzene rings is 2. The van der Waals surface area contributed by atoms with E-state index in [1.165, 1.54) is 0 Å². The van der Waals surface area contributed by atoms with Crippen molar-refractivity contribution in [2.75, 3.05) is 5.32 Å². The lowest BCUT2D eigenvalue weighted by molar-refractivity contribution is 0.518. The Labute approximate surface area is 154 Å². The van der Waals surface area contributed by atoms with E-state index in [9.17, 15) is 0 Å². The topological polar surface area (TPSA) is 51.0 Å². The van der Waals surface area contributed by atoms with Crippen LogP contribution in [0.5, 0.6) is 0 Å². The van der Waals surface area contributed by atoms with Crippen molar-refractivity contribution in [3.05, 3.63) is 76.7 Å². The predicted octanol–water partition coefficient (Wildman–Crippen LogP) is 5.81. The van der Waals surface area contributed by atoms with E-state index in [4.69, 9.17) is 27.6 Å². The number of hydrogen-bond acceptors (Lipinski definition) is 4. The molecule has 0 saturated heterocycles. The third-order valence-corrected chi connectivity index (χ3v) is 4.33. The van der Waals surface area contributed by atoms with Crippen LogP contribution in [0.1, 0.15) is 5.76 Å². The van der Waals surface area contributed by atoms with Crippen molar-refractivity contribution in [3.8, 4) is 11.4 Å². The second kappa shape index (κ2) is 6.75. The Bertz CT molecular complexity index is 1030. The molecule has 4 aromatic rings. The summed E-state index contributed by atoms with van der Waals surface area (Å²) in [5, 5.41) is 5.34. The Morgan fingerprint density at radius 1 is 0.960 bits per heavy atom. The van der Waals surface area contributed by atoms with Crippen molar-refractivity contribution < 1.29 is 4.42 Å². The molecule has 124 valence electrons. The predicted molar refractivity (Wildman–Crippen MR) is 101 cm³/mol. The first-order valence-electron chi connectivity index (χ1n) is 7.69. The lowest BCUT2D eigenvalue weighted by Crippen LogP contribution is -2.03. The number of fused-ring (bicyclic) bond motifs is 1. The second-order valence-corrected chi connectivity index (χ2v) is 6.31. The minimum atomic E-state index is 0.514. The molecule has 2 aromatic carbocycles. The summed E-state index contributed by atoms with van der Waals surface area (Å²) in [6, 6.07) is 16.9.